The van der Waals surface area contributed by atoms with Gasteiger partial charge in [0.1, 0.15) is 5.76 Å². The quantitative estimate of drug-likeness (QED) is 0.224. The van der Waals surface area contributed by atoms with E-state index in [1.54, 1.807) is 0 Å². The number of esters is 1. The van der Waals surface area contributed by atoms with Crippen LogP contribution in [0.5, 0.6) is 0 Å². The standard InChI is InChI=1S/C10H5F5O3/c1-18-4(17)2-3(16)5-6(11)8(13)10(15)9(14)7(5)12/h2,16H,1H3/b3-2-. The lowest BCUT2D eigenvalue weighted by Crippen LogP contribution is -2.08. The predicted molar refractivity (Wildman–Crippen MR) is 48.9 cm³/mol. The van der Waals surface area contributed by atoms with Crippen molar-refractivity contribution >= 4 is 11.7 Å². The Morgan fingerprint density at radius 1 is 1.00 bits per heavy atom. The summed E-state index contributed by atoms with van der Waals surface area (Å²) in [6.45, 7) is 0. The zero-order valence-corrected chi connectivity index (χ0v) is 8.73. The van der Waals surface area contributed by atoms with E-state index in [1.165, 1.54) is 0 Å². The SMILES string of the molecule is COC(=O)/C=C(\O)c1c(F)c(F)c(F)c(F)c1F. The Morgan fingerprint density at radius 3 is 1.78 bits per heavy atom. The van der Waals surface area contributed by atoms with Gasteiger partial charge in [0.2, 0.25) is 5.82 Å². The van der Waals surface area contributed by atoms with E-state index in [2.05, 4.69) is 4.74 Å². The topological polar surface area (TPSA) is 46.5 Å². The summed E-state index contributed by atoms with van der Waals surface area (Å²) in [5.41, 5.74) is -1.60. The van der Waals surface area contributed by atoms with Crippen LogP contribution in [0.2, 0.25) is 0 Å². The molecule has 0 atom stereocenters. The van der Waals surface area contributed by atoms with Crippen LogP contribution in [0.15, 0.2) is 6.08 Å². The highest BCUT2D eigenvalue weighted by atomic mass is 19.2. The van der Waals surface area contributed by atoms with E-state index in [4.69, 9.17) is 5.11 Å². The summed E-state index contributed by atoms with van der Waals surface area (Å²) in [7, 11) is 0.894. The zero-order chi connectivity index (χ0) is 14.0. The van der Waals surface area contributed by atoms with Crippen LogP contribution in [0.1, 0.15) is 5.56 Å². The molecule has 0 fully saturated rings. The summed E-state index contributed by atoms with van der Waals surface area (Å²) in [5, 5.41) is 9.15. The molecule has 18 heavy (non-hydrogen) atoms. The van der Waals surface area contributed by atoms with Gasteiger partial charge in [-0.1, -0.05) is 0 Å². The van der Waals surface area contributed by atoms with Crippen LogP contribution in [0.4, 0.5) is 22.0 Å². The van der Waals surface area contributed by atoms with Crippen molar-refractivity contribution in [2.24, 2.45) is 0 Å². The molecular weight excluding hydrogens is 263 g/mol. The Kier molecular flexibility index (Phi) is 3.89. The lowest BCUT2D eigenvalue weighted by atomic mass is 10.1. The fourth-order valence-electron chi connectivity index (χ4n) is 1.07. The maximum absolute atomic E-state index is 13.1. The fourth-order valence-corrected chi connectivity index (χ4v) is 1.07. The van der Waals surface area contributed by atoms with Gasteiger partial charge in [0, 0.05) is 0 Å². The van der Waals surface area contributed by atoms with Crippen molar-refractivity contribution in [3.8, 4) is 0 Å². The van der Waals surface area contributed by atoms with Crippen LogP contribution in [0.3, 0.4) is 0 Å². The Balaban J connectivity index is 3.51. The summed E-state index contributed by atoms with van der Waals surface area (Å²) >= 11 is 0. The van der Waals surface area contributed by atoms with Gasteiger partial charge in [-0.3, -0.25) is 0 Å². The number of methoxy groups -OCH3 is 1. The third-order valence-electron chi connectivity index (χ3n) is 1.92. The molecule has 0 heterocycles. The number of halogens is 5. The summed E-state index contributed by atoms with van der Waals surface area (Å²) in [6, 6.07) is 0. The number of carbonyl (C=O) groups excluding carboxylic acids is 1. The molecule has 0 aromatic heterocycles. The highest BCUT2D eigenvalue weighted by Gasteiger charge is 2.28. The van der Waals surface area contributed by atoms with Crippen LogP contribution < -0.4 is 0 Å². The first-order valence-corrected chi connectivity index (χ1v) is 4.31. The molecular formula is C10H5F5O3. The first-order chi connectivity index (χ1) is 8.31. The summed E-state index contributed by atoms with van der Waals surface area (Å²) in [4.78, 5) is 10.7. The number of rotatable bonds is 2. The second kappa shape index (κ2) is 5.03. The van der Waals surface area contributed by atoms with E-state index in [-0.39, 0.29) is 6.08 Å². The van der Waals surface area contributed by atoms with Gasteiger partial charge in [0.15, 0.2) is 23.3 Å². The van der Waals surface area contributed by atoms with Crippen LogP contribution in [0.25, 0.3) is 5.76 Å². The third-order valence-corrected chi connectivity index (χ3v) is 1.92. The van der Waals surface area contributed by atoms with Gasteiger partial charge in [0.05, 0.1) is 18.7 Å². The molecule has 0 spiro atoms. The number of hydrogen-bond acceptors (Lipinski definition) is 3. The molecule has 1 aromatic carbocycles. The predicted octanol–water partition coefficient (Wildman–Crippen LogP) is 2.45. The van der Waals surface area contributed by atoms with Crippen molar-refractivity contribution < 1.29 is 36.6 Å². The highest BCUT2D eigenvalue weighted by molar-refractivity contribution is 5.89. The van der Waals surface area contributed by atoms with Crippen LogP contribution in [-0.4, -0.2) is 18.2 Å². The van der Waals surface area contributed by atoms with E-state index in [1.807, 2.05) is 0 Å². The minimum Gasteiger partial charge on any atom is -0.507 e. The van der Waals surface area contributed by atoms with E-state index >= 15 is 0 Å². The Labute approximate surface area is 97.1 Å². The number of ether oxygens (including phenoxy) is 1. The van der Waals surface area contributed by atoms with Crippen molar-refractivity contribution in [3.63, 3.8) is 0 Å². The Hall–Kier alpha value is -2.12. The minimum absolute atomic E-state index is 0.179. The van der Waals surface area contributed by atoms with E-state index in [9.17, 15) is 26.7 Å². The average Bonchev–Trinajstić information content (AvgIpc) is 2.34. The van der Waals surface area contributed by atoms with Crippen LogP contribution in [-0.2, 0) is 9.53 Å². The molecule has 0 aliphatic heterocycles. The van der Waals surface area contributed by atoms with Crippen molar-refractivity contribution in [1.29, 1.82) is 0 Å². The van der Waals surface area contributed by atoms with Gasteiger partial charge in [-0.25, -0.2) is 26.7 Å². The number of hydrogen-bond donors (Lipinski definition) is 1. The largest absolute Gasteiger partial charge is 0.507 e. The lowest BCUT2D eigenvalue weighted by Gasteiger charge is -2.07. The molecule has 1 N–H and O–H groups in total. The Morgan fingerprint density at radius 2 is 1.39 bits per heavy atom. The monoisotopic (exact) mass is 268 g/mol. The summed E-state index contributed by atoms with van der Waals surface area (Å²) in [5.74, 6) is -14.0. The molecule has 3 nitrogen and oxygen atoms in total. The zero-order valence-electron chi connectivity index (χ0n) is 8.73. The molecule has 0 aliphatic carbocycles. The van der Waals surface area contributed by atoms with E-state index in [0.29, 0.717) is 0 Å². The van der Waals surface area contributed by atoms with Gasteiger partial charge in [-0.2, -0.15) is 0 Å². The molecule has 1 aromatic rings. The molecule has 0 radical (unpaired) electrons. The van der Waals surface area contributed by atoms with Gasteiger partial charge in [-0.15, -0.1) is 0 Å². The van der Waals surface area contributed by atoms with Gasteiger partial charge >= 0.3 is 5.97 Å². The summed E-state index contributed by atoms with van der Waals surface area (Å²) in [6.07, 6.45) is 0.179. The number of benzene rings is 1. The minimum atomic E-state index is -2.36. The average molecular weight is 268 g/mol. The number of carbonyl (C=O) groups is 1. The first kappa shape index (κ1) is 13.9. The fraction of sp³-hybridized carbons (Fsp3) is 0.100. The molecule has 0 unspecified atom stereocenters. The molecule has 0 amide bonds. The number of aliphatic hydroxyl groups is 1. The second-order valence-electron chi connectivity index (χ2n) is 3.00. The second-order valence-corrected chi connectivity index (χ2v) is 3.00. The molecule has 0 saturated heterocycles. The Bertz CT molecular complexity index is 510. The van der Waals surface area contributed by atoms with Gasteiger partial charge < -0.3 is 9.84 Å². The molecule has 1 rings (SSSR count). The molecule has 0 bridgehead atoms. The van der Waals surface area contributed by atoms with Crippen molar-refractivity contribution in [2.75, 3.05) is 7.11 Å². The molecule has 0 aliphatic rings. The van der Waals surface area contributed by atoms with Crippen LogP contribution >= 0.6 is 0 Å². The summed E-state index contributed by atoms with van der Waals surface area (Å²) < 4.78 is 68.5. The van der Waals surface area contributed by atoms with E-state index < -0.39 is 46.4 Å². The maximum Gasteiger partial charge on any atom is 0.334 e. The highest BCUT2D eigenvalue weighted by Crippen LogP contribution is 2.27. The van der Waals surface area contributed by atoms with Gasteiger partial charge in [-0.05, 0) is 0 Å². The third kappa shape index (κ3) is 2.27. The smallest absolute Gasteiger partial charge is 0.334 e. The normalized spacial score (nSPS) is 11.6. The lowest BCUT2D eigenvalue weighted by molar-refractivity contribution is -0.134. The van der Waals surface area contributed by atoms with Gasteiger partial charge in [0.25, 0.3) is 0 Å². The number of aliphatic hydroxyl groups excluding tert-OH is 1. The first-order valence-electron chi connectivity index (χ1n) is 4.31. The van der Waals surface area contributed by atoms with Crippen molar-refractivity contribution in [2.45, 2.75) is 0 Å². The van der Waals surface area contributed by atoms with Crippen molar-refractivity contribution in [3.05, 3.63) is 40.7 Å². The molecule has 98 valence electrons. The van der Waals surface area contributed by atoms with E-state index in [0.717, 1.165) is 7.11 Å². The maximum atomic E-state index is 13.1. The van der Waals surface area contributed by atoms with Crippen molar-refractivity contribution in [1.82, 2.24) is 0 Å². The molecule has 0 saturated carbocycles. The van der Waals surface area contributed by atoms with Crippen LogP contribution in [0, 0.1) is 29.1 Å². The molecule has 8 heteroatoms.